The molecule has 30 heavy (non-hydrogen) atoms. The fraction of sp³-hybridized carbons (Fsp3) is 0.773. The third-order valence-electron chi connectivity index (χ3n) is 6.16. The lowest BCUT2D eigenvalue weighted by Gasteiger charge is -2.28. The van der Waals surface area contributed by atoms with E-state index in [0.29, 0.717) is 25.1 Å². The molecule has 1 aromatic rings. The van der Waals surface area contributed by atoms with Crippen LogP contribution in [0.1, 0.15) is 38.3 Å². The Morgan fingerprint density at radius 1 is 1.07 bits per heavy atom. The summed E-state index contributed by atoms with van der Waals surface area (Å²) in [6.07, 6.45) is 4.93. The standard InChI is InChI=1S/C22H35N5O3/c1-18-4-2-3-5-20(18)23-17-19-16-21(27-9-13-29-14-10-27)25-22(24-19)30-15-8-26-6-11-28-12-7-26/h16,18H,2-15,17H2,1H3. The van der Waals surface area contributed by atoms with E-state index in [-0.39, 0.29) is 0 Å². The van der Waals surface area contributed by atoms with Gasteiger partial charge < -0.3 is 19.1 Å². The topological polar surface area (TPSA) is 72.3 Å². The van der Waals surface area contributed by atoms with Crippen molar-refractivity contribution in [2.24, 2.45) is 10.9 Å². The van der Waals surface area contributed by atoms with Crippen molar-refractivity contribution in [3.63, 3.8) is 0 Å². The van der Waals surface area contributed by atoms with Gasteiger partial charge in [-0.1, -0.05) is 13.3 Å². The van der Waals surface area contributed by atoms with E-state index in [2.05, 4.69) is 27.8 Å². The molecule has 0 aromatic carbocycles. The molecule has 0 radical (unpaired) electrons. The van der Waals surface area contributed by atoms with E-state index in [9.17, 15) is 0 Å². The minimum Gasteiger partial charge on any atom is -0.462 e. The van der Waals surface area contributed by atoms with Gasteiger partial charge >= 0.3 is 6.01 Å². The van der Waals surface area contributed by atoms with Crippen molar-refractivity contribution in [3.8, 4) is 6.01 Å². The molecule has 0 amide bonds. The van der Waals surface area contributed by atoms with Crippen LogP contribution in [0.4, 0.5) is 5.82 Å². The monoisotopic (exact) mass is 417 g/mol. The quantitative estimate of drug-likeness (QED) is 0.673. The number of morpholine rings is 2. The van der Waals surface area contributed by atoms with Gasteiger partial charge in [-0.15, -0.1) is 0 Å². The maximum absolute atomic E-state index is 5.98. The first-order valence-corrected chi connectivity index (χ1v) is 11.4. The zero-order chi connectivity index (χ0) is 20.6. The van der Waals surface area contributed by atoms with Crippen LogP contribution in [0.3, 0.4) is 0 Å². The Balaban J connectivity index is 1.43. The minimum absolute atomic E-state index is 0.458. The molecule has 8 nitrogen and oxygen atoms in total. The fourth-order valence-electron chi connectivity index (χ4n) is 4.24. The summed E-state index contributed by atoms with van der Waals surface area (Å²) in [5, 5.41) is 0. The van der Waals surface area contributed by atoms with E-state index in [1.807, 2.05) is 0 Å². The van der Waals surface area contributed by atoms with Crippen LogP contribution in [0.15, 0.2) is 11.1 Å². The molecular formula is C22H35N5O3. The average molecular weight is 418 g/mol. The Morgan fingerprint density at radius 2 is 1.83 bits per heavy atom. The summed E-state index contributed by atoms with van der Waals surface area (Å²) in [5.74, 6) is 1.50. The van der Waals surface area contributed by atoms with Crippen molar-refractivity contribution >= 4 is 11.5 Å². The maximum atomic E-state index is 5.98. The summed E-state index contributed by atoms with van der Waals surface area (Å²) in [6, 6.07) is 2.52. The fourth-order valence-corrected chi connectivity index (χ4v) is 4.24. The first-order valence-electron chi connectivity index (χ1n) is 11.4. The molecule has 2 aliphatic heterocycles. The molecule has 1 aromatic heterocycles. The van der Waals surface area contributed by atoms with Crippen molar-refractivity contribution in [2.45, 2.75) is 39.2 Å². The highest BCUT2D eigenvalue weighted by molar-refractivity contribution is 5.87. The van der Waals surface area contributed by atoms with Crippen LogP contribution in [0.2, 0.25) is 0 Å². The Hall–Kier alpha value is -1.77. The van der Waals surface area contributed by atoms with Crippen molar-refractivity contribution in [1.82, 2.24) is 14.9 Å². The van der Waals surface area contributed by atoms with E-state index < -0.39 is 0 Å². The molecule has 4 rings (SSSR count). The smallest absolute Gasteiger partial charge is 0.318 e. The summed E-state index contributed by atoms with van der Waals surface area (Å²) in [6.45, 7) is 11.0. The minimum atomic E-state index is 0.458. The lowest BCUT2D eigenvalue weighted by molar-refractivity contribution is 0.0317. The number of hydrogen-bond donors (Lipinski definition) is 0. The second kappa shape index (κ2) is 11.0. The van der Waals surface area contributed by atoms with Crippen LogP contribution in [0, 0.1) is 5.92 Å². The van der Waals surface area contributed by atoms with Crippen molar-refractivity contribution < 1.29 is 14.2 Å². The van der Waals surface area contributed by atoms with Crippen LogP contribution in [0.5, 0.6) is 6.01 Å². The zero-order valence-corrected chi connectivity index (χ0v) is 18.2. The first-order chi connectivity index (χ1) is 14.8. The van der Waals surface area contributed by atoms with Gasteiger partial charge in [0.15, 0.2) is 0 Å². The van der Waals surface area contributed by atoms with E-state index in [1.165, 1.54) is 25.0 Å². The molecule has 8 heteroatoms. The molecule has 1 aliphatic carbocycles. The molecule has 3 heterocycles. The Morgan fingerprint density at radius 3 is 2.60 bits per heavy atom. The second-order valence-corrected chi connectivity index (χ2v) is 8.36. The van der Waals surface area contributed by atoms with Gasteiger partial charge in [0.25, 0.3) is 0 Å². The van der Waals surface area contributed by atoms with E-state index >= 15 is 0 Å². The SMILES string of the molecule is CC1CCCCC1=NCc1cc(N2CCOCC2)nc(OCCN2CCOCC2)n1. The van der Waals surface area contributed by atoms with Gasteiger partial charge in [-0.25, -0.2) is 0 Å². The van der Waals surface area contributed by atoms with Gasteiger partial charge in [0.2, 0.25) is 0 Å². The molecule has 0 spiro atoms. The average Bonchev–Trinajstić information content (AvgIpc) is 2.80. The van der Waals surface area contributed by atoms with E-state index in [0.717, 1.165) is 77.1 Å². The van der Waals surface area contributed by atoms with Gasteiger partial charge in [0, 0.05) is 44.5 Å². The highest BCUT2D eigenvalue weighted by Gasteiger charge is 2.18. The third kappa shape index (κ3) is 6.12. The highest BCUT2D eigenvalue weighted by atomic mass is 16.5. The van der Waals surface area contributed by atoms with Crippen molar-refractivity contribution in [2.75, 3.05) is 70.7 Å². The number of hydrogen-bond acceptors (Lipinski definition) is 8. The number of ether oxygens (including phenoxy) is 3. The Bertz CT molecular complexity index is 702. The Labute approximate surface area is 179 Å². The highest BCUT2D eigenvalue weighted by Crippen LogP contribution is 2.23. The van der Waals surface area contributed by atoms with Crippen LogP contribution in [0.25, 0.3) is 0 Å². The number of anilines is 1. The summed E-state index contributed by atoms with van der Waals surface area (Å²) in [5.41, 5.74) is 2.26. The number of aromatic nitrogens is 2. The van der Waals surface area contributed by atoms with E-state index in [1.54, 1.807) is 0 Å². The van der Waals surface area contributed by atoms with Gasteiger partial charge in [0.05, 0.1) is 38.7 Å². The maximum Gasteiger partial charge on any atom is 0.318 e. The summed E-state index contributed by atoms with van der Waals surface area (Å²) in [4.78, 5) is 18.9. The van der Waals surface area contributed by atoms with Gasteiger partial charge in [-0.2, -0.15) is 9.97 Å². The lowest BCUT2D eigenvalue weighted by Crippen LogP contribution is -2.39. The zero-order valence-electron chi connectivity index (χ0n) is 18.2. The summed E-state index contributed by atoms with van der Waals surface area (Å²) in [7, 11) is 0. The molecule has 0 N–H and O–H groups in total. The van der Waals surface area contributed by atoms with Crippen LogP contribution >= 0.6 is 0 Å². The Kier molecular flexibility index (Phi) is 7.88. The molecule has 1 atom stereocenters. The van der Waals surface area contributed by atoms with Crippen LogP contribution in [-0.2, 0) is 16.0 Å². The number of nitrogens with zero attached hydrogens (tertiary/aromatic N) is 5. The largest absolute Gasteiger partial charge is 0.462 e. The molecular weight excluding hydrogens is 382 g/mol. The predicted molar refractivity (Wildman–Crippen MR) is 117 cm³/mol. The normalized spacial score (nSPS) is 24.9. The van der Waals surface area contributed by atoms with Gasteiger partial charge in [-0.05, 0) is 25.2 Å². The first kappa shape index (κ1) is 21.5. The second-order valence-electron chi connectivity index (χ2n) is 8.36. The predicted octanol–water partition coefficient (Wildman–Crippen LogP) is 2.18. The summed E-state index contributed by atoms with van der Waals surface area (Å²) < 4.78 is 16.9. The number of aliphatic imine (C=N–C) groups is 1. The van der Waals surface area contributed by atoms with Crippen molar-refractivity contribution in [1.29, 1.82) is 0 Å². The molecule has 1 saturated carbocycles. The molecule has 2 saturated heterocycles. The number of rotatable bonds is 7. The third-order valence-corrected chi connectivity index (χ3v) is 6.16. The molecule has 3 fully saturated rings. The summed E-state index contributed by atoms with van der Waals surface area (Å²) >= 11 is 0. The van der Waals surface area contributed by atoms with Crippen molar-refractivity contribution in [3.05, 3.63) is 11.8 Å². The van der Waals surface area contributed by atoms with Crippen LogP contribution < -0.4 is 9.64 Å². The molecule has 3 aliphatic rings. The van der Waals surface area contributed by atoms with E-state index in [4.69, 9.17) is 24.2 Å². The van der Waals surface area contributed by atoms with Crippen LogP contribution in [-0.4, -0.2) is 86.3 Å². The molecule has 1 unspecified atom stereocenters. The molecule has 166 valence electrons. The van der Waals surface area contributed by atoms with Gasteiger partial charge in [-0.3, -0.25) is 9.89 Å². The molecule has 0 bridgehead atoms. The van der Waals surface area contributed by atoms with Gasteiger partial charge in [0.1, 0.15) is 12.4 Å². The lowest BCUT2D eigenvalue weighted by atomic mass is 9.89.